The number of anilines is 1. The lowest BCUT2D eigenvalue weighted by Crippen LogP contribution is -2.07. The van der Waals surface area contributed by atoms with Crippen molar-refractivity contribution in [3.8, 4) is 5.75 Å². The number of pyridine rings is 1. The number of benzene rings is 1. The topological polar surface area (TPSA) is 34.1 Å². The van der Waals surface area contributed by atoms with Gasteiger partial charge in [-0.15, -0.1) is 0 Å². The van der Waals surface area contributed by atoms with E-state index >= 15 is 0 Å². The zero-order valence-electron chi connectivity index (χ0n) is 11.4. The van der Waals surface area contributed by atoms with Gasteiger partial charge in [-0.2, -0.15) is 0 Å². The Hall–Kier alpha value is -1.62. The normalized spacial score (nSPS) is 10.4. The minimum atomic E-state index is -0.331. The summed E-state index contributed by atoms with van der Waals surface area (Å²) in [6.45, 7) is 2.63. The van der Waals surface area contributed by atoms with Gasteiger partial charge in [-0.3, -0.25) is 0 Å². The van der Waals surface area contributed by atoms with Crippen molar-refractivity contribution in [3.05, 3.63) is 51.9 Å². The fourth-order valence-corrected chi connectivity index (χ4v) is 2.06. The molecule has 0 bridgehead atoms. The van der Waals surface area contributed by atoms with Crippen LogP contribution in [0, 0.1) is 12.7 Å². The van der Waals surface area contributed by atoms with Crippen LogP contribution < -0.4 is 10.1 Å². The van der Waals surface area contributed by atoms with E-state index in [1.54, 1.807) is 6.07 Å². The van der Waals surface area contributed by atoms with E-state index < -0.39 is 0 Å². The number of aryl methyl sites for hydroxylation is 1. The molecule has 0 aliphatic rings. The summed E-state index contributed by atoms with van der Waals surface area (Å²) < 4.78 is 19.4. The molecule has 2 aromatic rings. The predicted molar refractivity (Wildman–Crippen MR) is 81.8 cm³/mol. The maximum atomic E-state index is 13.5. The van der Waals surface area contributed by atoms with Gasteiger partial charge in [0.15, 0.2) is 11.6 Å². The van der Waals surface area contributed by atoms with Crippen LogP contribution >= 0.6 is 15.9 Å². The molecule has 5 heteroatoms. The maximum absolute atomic E-state index is 13.5. The number of methoxy groups -OCH3 is 1. The van der Waals surface area contributed by atoms with E-state index in [1.165, 1.54) is 13.2 Å². The number of nitrogens with one attached hydrogen (secondary N) is 1. The molecule has 1 heterocycles. The first kappa shape index (κ1) is 14.8. The minimum Gasteiger partial charge on any atom is -0.494 e. The third kappa shape index (κ3) is 3.70. The first-order valence-corrected chi connectivity index (χ1v) is 7.09. The van der Waals surface area contributed by atoms with Crippen LogP contribution in [0.25, 0.3) is 0 Å². The van der Waals surface area contributed by atoms with Gasteiger partial charge in [0.2, 0.25) is 0 Å². The molecular weight excluding hydrogens is 323 g/mol. The first-order valence-electron chi connectivity index (χ1n) is 6.29. The fourth-order valence-electron chi connectivity index (χ4n) is 1.84. The van der Waals surface area contributed by atoms with Crippen molar-refractivity contribution in [2.24, 2.45) is 0 Å². The van der Waals surface area contributed by atoms with Crippen molar-refractivity contribution < 1.29 is 9.13 Å². The molecule has 0 fully saturated rings. The molecule has 0 radical (unpaired) electrons. The highest BCUT2D eigenvalue weighted by Gasteiger charge is 2.04. The van der Waals surface area contributed by atoms with Crippen LogP contribution in [0.5, 0.6) is 5.75 Å². The summed E-state index contributed by atoms with van der Waals surface area (Å²) in [5.41, 5.74) is 1.86. The Morgan fingerprint density at radius 1 is 1.30 bits per heavy atom. The highest BCUT2D eigenvalue weighted by Crippen LogP contribution is 2.18. The Morgan fingerprint density at radius 3 is 2.75 bits per heavy atom. The zero-order valence-corrected chi connectivity index (χ0v) is 13.0. The van der Waals surface area contributed by atoms with Gasteiger partial charge < -0.3 is 10.1 Å². The molecule has 2 rings (SSSR count). The Kier molecular flexibility index (Phi) is 4.95. The molecule has 0 spiro atoms. The van der Waals surface area contributed by atoms with Crippen molar-refractivity contribution >= 4 is 21.7 Å². The van der Waals surface area contributed by atoms with Crippen LogP contribution in [0.4, 0.5) is 10.2 Å². The van der Waals surface area contributed by atoms with Crippen molar-refractivity contribution in [3.63, 3.8) is 0 Å². The molecule has 0 atom stereocenters. The Bertz CT molecular complexity index is 604. The number of aromatic nitrogens is 1. The van der Waals surface area contributed by atoms with Crippen LogP contribution in [0.1, 0.15) is 11.3 Å². The number of hydrogen-bond donors (Lipinski definition) is 1. The second kappa shape index (κ2) is 6.70. The summed E-state index contributed by atoms with van der Waals surface area (Å²) >= 11 is 3.41. The third-order valence-corrected chi connectivity index (χ3v) is 3.80. The molecule has 20 heavy (non-hydrogen) atoms. The van der Waals surface area contributed by atoms with Crippen LogP contribution in [-0.2, 0) is 6.42 Å². The minimum absolute atomic E-state index is 0.270. The molecule has 0 amide bonds. The molecular formula is C15H16BrFN2O. The molecule has 0 aliphatic heterocycles. The number of halogens is 2. The molecule has 3 nitrogen and oxygen atoms in total. The SMILES string of the molecule is COc1ccc(CCNc2ccc(Br)c(C)n2)cc1F. The average molecular weight is 339 g/mol. The lowest BCUT2D eigenvalue weighted by Gasteiger charge is -2.08. The van der Waals surface area contributed by atoms with Gasteiger partial charge in [-0.05, 0) is 59.1 Å². The Labute approximate surface area is 126 Å². The van der Waals surface area contributed by atoms with Gasteiger partial charge in [0, 0.05) is 11.0 Å². The highest BCUT2D eigenvalue weighted by molar-refractivity contribution is 9.10. The van der Waals surface area contributed by atoms with E-state index in [0.717, 1.165) is 28.0 Å². The van der Waals surface area contributed by atoms with Crippen LogP contribution in [0.2, 0.25) is 0 Å². The molecule has 0 unspecified atom stereocenters. The molecule has 106 valence electrons. The number of ether oxygens (including phenoxy) is 1. The third-order valence-electron chi connectivity index (χ3n) is 2.96. The van der Waals surface area contributed by atoms with Crippen molar-refractivity contribution in [1.29, 1.82) is 0 Å². The lowest BCUT2D eigenvalue weighted by atomic mass is 10.1. The molecule has 0 aliphatic carbocycles. The van der Waals surface area contributed by atoms with E-state index in [-0.39, 0.29) is 11.6 Å². The maximum Gasteiger partial charge on any atom is 0.165 e. The smallest absolute Gasteiger partial charge is 0.165 e. The lowest BCUT2D eigenvalue weighted by molar-refractivity contribution is 0.386. The second-order valence-corrected chi connectivity index (χ2v) is 5.26. The van der Waals surface area contributed by atoms with Gasteiger partial charge >= 0.3 is 0 Å². The first-order chi connectivity index (χ1) is 9.60. The van der Waals surface area contributed by atoms with Crippen molar-refractivity contribution in [1.82, 2.24) is 4.98 Å². The number of rotatable bonds is 5. The molecule has 1 N–H and O–H groups in total. The Morgan fingerprint density at radius 2 is 2.10 bits per heavy atom. The van der Waals surface area contributed by atoms with Gasteiger partial charge in [-0.25, -0.2) is 9.37 Å². The number of hydrogen-bond acceptors (Lipinski definition) is 3. The summed E-state index contributed by atoms with van der Waals surface area (Å²) in [6.07, 6.45) is 0.720. The quantitative estimate of drug-likeness (QED) is 0.896. The van der Waals surface area contributed by atoms with Gasteiger partial charge in [0.1, 0.15) is 5.82 Å². The van der Waals surface area contributed by atoms with Gasteiger partial charge in [0.05, 0.1) is 12.8 Å². The van der Waals surface area contributed by atoms with Crippen LogP contribution in [-0.4, -0.2) is 18.6 Å². The molecule has 0 saturated carbocycles. The van der Waals surface area contributed by atoms with E-state index in [0.29, 0.717) is 6.54 Å². The predicted octanol–water partition coefficient (Wildman–Crippen LogP) is 3.95. The monoisotopic (exact) mass is 338 g/mol. The van der Waals surface area contributed by atoms with Crippen molar-refractivity contribution in [2.75, 3.05) is 19.0 Å². The van der Waals surface area contributed by atoms with Crippen LogP contribution in [0.3, 0.4) is 0 Å². The van der Waals surface area contributed by atoms with Gasteiger partial charge in [-0.1, -0.05) is 6.07 Å². The average Bonchev–Trinajstić information content (AvgIpc) is 2.43. The summed E-state index contributed by atoms with van der Waals surface area (Å²) in [4.78, 5) is 4.40. The van der Waals surface area contributed by atoms with Gasteiger partial charge in [0.25, 0.3) is 0 Å². The van der Waals surface area contributed by atoms with Crippen LogP contribution in [0.15, 0.2) is 34.8 Å². The summed E-state index contributed by atoms with van der Waals surface area (Å²) in [5, 5.41) is 3.22. The van der Waals surface area contributed by atoms with E-state index in [9.17, 15) is 4.39 Å². The molecule has 0 saturated heterocycles. The highest BCUT2D eigenvalue weighted by atomic mass is 79.9. The fraction of sp³-hybridized carbons (Fsp3) is 0.267. The summed E-state index contributed by atoms with van der Waals surface area (Å²) in [5.74, 6) is 0.759. The zero-order chi connectivity index (χ0) is 14.5. The molecule has 1 aromatic heterocycles. The van der Waals surface area contributed by atoms with Crippen molar-refractivity contribution in [2.45, 2.75) is 13.3 Å². The Balaban J connectivity index is 1.92. The summed E-state index contributed by atoms with van der Waals surface area (Å²) in [6, 6.07) is 8.88. The van der Waals surface area contributed by atoms with E-state index in [1.807, 2.05) is 25.1 Å². The summed E-state index contributed by atoms with van der Waals surface area (Å²) in [7, 11) is 1.46. The van der Waals surface area contributed by atoms with E-state index in [4.69, 9.17) is 4.74 Å². The van der Waals surface area contributed by atoms with E-state index in [2.05, 4.69) is 26.2 Å². The molecule has 1 aromatic carbocycles. The number of nitrogens with zero attached hydrogens (tertiary/aromatic N) is 1. The standard InChI is InChI=1S/C15H16BrFN2O/c1-10-12(16)4-6-15(19-10)18-8-7-11-3-5-14(20-2)13(17)9-11/h3-6,9H,7-8H2,1-2H3,(H,18,19). The second-order valence-electron chi connectivity index (χ2n) is 4.41. The largest absolute Gasteiger partial charge is 0.494 e.